The summed E-state index contributed by atoms with van der Waals surface area (Å²) in [5.41, 5.74) is 10.7. The van der Waals surface area contributed by atoms with E-state index in [4.69, 9.17) is 5.73 Å². The molecule has 98 valence electrons. The van der Waals surface area contributed by atoms with Gasteiger partial charge in [-0.05, 0) is 34.2 Å². The molecule has 0 aliphatic carbocycles. The van der Waals surface area contributed by atoms with Crippen LogP contribution in [0.5, 0.6) is 0 Å². The Morgan fingerprint density at radius 1 is 1.05 bits per heavy atom. The fourth-order valence-electron chi connectivity index (χ4n) is 2.25. The zero-order valence-electron chi connectivity index (χ0n) is 11.6. The lowest BCUT2D eigenvalue weighted by atomic mass is 9.91. The first kappa shape index (κ1) is 13.6. The highest BCUT2D eigenvalue weighted by Gasteiger charge is 2.08. The molecule has 0 saturated heterocycles. The average molecular weight is 251 g/mol. The van der Waals surface area contributed by atoms with Crippen LogP contribution in [-0.4, -0.2) is 6.54 Å². The molecule has 0 saturated carbocycles. The first-order chi connectivity index (χ1) is 9.22. The fourth-order valence-corrected chi connectivity index (χ4v) is 2.25. The van der Waals surface area contributed by atoms with Crippen LogP contribution in [0.4, 0.5) is 0 Å². The van der Waals surface area contributed by atoms with Crippen molar-refractivity contribution in [3.8, 4) is 11.1 Å². The van der Waals surface area contributed by atoms with Crippen molar-refractivity contribution in [1.82, 2.24) is 0 Å². The minimum atomic E-state index is 0.516. The molecule has 2 aromatic rings. The van der Waals surface area contributed by atoms with Gasteiger partial charge in [0.1, 0.15) is 0 Å². The summed E-state index contributed by atoms with van der Waals surface area (Å²) < 4.78 is 0. The highest BCUT2D eigenvalue weighted by atomic mass is 14.5. The van der Waals surface area contributed by atoms with Crippen LogP contribution in [0.25, 0.3) is 17.2 Å². The third-order valence-corrected chi connectivity index (χ3v) is 3.23. The molecule has 2 aromatic carbocycles. The van der Waals surface area contributed by atoms with Gasteiger partial charge < -0.3 is 5.73 Å². The topological polar surface area (TPSA) is 26.0 Å². The highest BCUT2D eigenvalue weighted by molar-refractivity contribution is 5.71. The molecule has 0 spiro atoms. The summed E-state index contributed by atoms with van der Waals surface area (Å²) in [6.07, 6.45) is 4.07. The Kier molecular flexibility index (Phi) is 4.53. The second-order valence-electron chi connectivity index (χ2n) is 5.01. The first-order valence-electron chi connectivity index (χ1n) is 6.78. The molecule has 19 heavy (non-hydrogen) atoms. The van der Waals surface area contributed by atoms with Gasteiger partial charge in [0.25, 0.3) is 0 Å². The molecule has 0 aliphatic heterocycles. The Labute approximate surface area is 115 Å². The van der Waals surface area contributed by atoms with E-state index in [0.717, 1.165) is 0 Å². The van der Waals surface area contributed by atoms with Crippen molar-refractivity contribution >= 4 is 6.08 Å². The van der Waals surface area contributed by atoms with Gasteiger partial charge in [-0.1, -0.05) is 68.5 Å². The van der Waals surface area contributed by atoms with Gasteiger partial charge in [0.15, 0.2) is 0 Å². The molecule has 1 nitrogen and oxygen atoms in total. The van der Waals surface area contributed by atoms with Crippen LogP contribution in [0.3, 0.4) is 0 Å². The van der Waals surface area contributed by atoms with E-state index in [1.54, 1.807) is 0 Å². The molecule has 0 radical (unpaired) electrons. The molecular formula is C18H21N. The van der Waals surface area contributed by atoms with Crippen molar-refractivity contribution in [3.63, 3.8) is 0 Å². The van der Waals surface area contributed by atoms with E-state index in [2.05, 4.69) is 68.5 Å². The Morgan fingerprint density at radius 2 is 1.79 bits per heavy atom. The molecule has 1 heteroatoms. The number of hydrogen-bond acceptors (Lipinski definition) is 1. The second-order valence-corrected chi connectivity index (χ2v) is 5.01. The van der Waals surface area contributed by atoms with Crippen molar-refractivity contribution in [2.24, 2.45) is 5.73 Å². The Hall–Kier alpha value is -1.86. The van der Waals surface area contributed by atoms with Crippen LogP contribution >= 0.6 is 0 Å². The van der Waals surface area contributed by atoms with Crippen LogP contribution in [0.2, 0.25) is 0 Å². The first-order valence-corrected chi connectivity index (χ1v) is 6.78. The molecule has 0 fully saturated rings. The lowest BCUT2D eigenvalue weighted by Gasteiger charge is -2.14. The standard InChI is InChI=1S/C18H21N/c1-14(2)17-11-10-15(7-6-12-19)13-18(17)16-8-4-3-5-9-16/h3-11,13-14H,12,19H2,1-2H3/b7-6+. The maximum Gasteiger partial charge on any atom is 0.0110 e. The van der Waals surface area contributed by atoms with Crippen molar-refractivity contribution in [2.45, 2.75) is 19.8 Å². The molecule has 0 aromatic heterocycles. The van der Waals surface area contributed by atoms with E-state index in [1.807, 2.05) is 6.08 Å². The van der Waals surface area contributed by atoms with E-state index in [0.29, 0.717) is 12.5 Å². The van der Waals surface area contributed by atoms with Gasteiger partial charge in [0, 0.05) is 6.54 Å². The molecule has 0 bridgehead atoms. The van der Waals surface area contributed by atoms with E-state index >= 15 is 0 Å². The molecule has 0 heterocycles. The maximum absolute atomic E-state index is 5.52. The third kappa shape index (κ3) is 3.33. The number of hydrogen-bond donors (Lipinski definition) is 1. The van der Waals surface area contributed by atoms with Crippen LogP contribution in [0, 0.1) is 0 Å². The van der Waals surface area contributed by atoms with Gasteiger partial charge in [-0.2, -0.15) is 0 Å². The van der Waals surface area contributed by atoms with Crippen LogP contribution in [-0.2, 0) is 0 Å². The zero-order chi connectivity index (χ0) is 13.7. The Balaban J connectivity index is 2.51. The van der Waals surface area contributed by atoms with Gasteiger partial charge in [0.05, 0.1) is 0 Å². The van der Waals surface area contributed by atoms with Gasteiger partial charge in [-0.25, -0.2) is 0 Å². The predicted octanol–water partition coefficient (Wildman–Crippen LogP) is 4.45. The number of rotatable bonds is 4. The van der Waals surface area contributed by atoms with Crippen LogP contribution in [0.15, 0.2) is 54.6 Å². The van der Waals surface area contributed by atoms with Crippen LogP contribution < -0.4 is 5.73 Å². The molecule has 2 rings (SSSR count). The zero-order valence-corrected chi connectivity index (χ0v) is 11.6. The average Bonchev–Trinajstić information content (AvgIpc) is 2.45. The molecule has 0 amide bonds. The molecule has 0 atom stereocenters. The van der Waals surface area contributed by atoms with Crippen molar-refractivity contribution < 1.29 is 0 Å². The lowest BCUT2D eigenvalue weighted by molar-refractivity contribution is 0.869. The second kappa shape index (κ2) is 6.35. The summed E-state index contributed by atoms with van der Waals surface area (Å²) in [5.74, 6) is 0.516. The number of benzene rings is 2. The van der Waals surface area contributed by atoms with E-state index in [1.165, 1.54) is 22.3 Å². The minimum absolute atomic E-state index is 0.516. The summed E-state index contributed by atoms with van der Waals surface area (Å²) in [6.45, 7) is 5.04. The van der Waals surface area contributed by atoms with E-state index < -0.39 is 0 Å². The summed E-state index contributed by atoms with van der Waals surface area (Å²) in [7, 11) is 0. The van der Waals surface area contributed by atoms with E-state index in [9.17, 15) is 0 Å². The van der Waals surface area contributed by atoms with Gasteiger partial charge >= 0.3 is 0 Å². The smallest absolute Gasteiger partial charge is 0.0110 e. The monoisotopic (exact) mass is 251 g/mol. The largest absolute Gasteiger partial charge is 0.327 e. The Morgan fingerprint density at radius 3 is 2.42 bits per heavy atom. The lowest BCUT2D eigenvalue weighted by Crippen LogP contribution is -1.94. The fraction of sp³-hybridized carbons (Fsp3) is 0.222. The Bertz CT molecular complexity index is 553. The highest BCUT2D eigenvalue weighted by Crippen LogP contribution is 2.30. The van der Waals surface area contributed by atoms with Crippen molar-refractivity contribution in [2.75, 3.05) is 6.54 Å². The molecule has 0 aliphatic rings. The quantitative estimate of drug-likeness (QED) is 0.853. The van der Waals surface area contributed by atoms with Crippen molar-refractivity contribution in [3.05, 3.63) is 65.7 Å². The van der Waals surface area contributed by atoms with Gasteiger partial charge in [-0.15, -0.1) is 0 Å². The minimum Gasteiger partial charge on any atom is -0.327 e. The summed E-state index contributed by atoms with van der Waals surface area (Å²) >= 11 is 0. The van der Waals surface area contributed by atoms with Gasteiger partial charge in [-0.3, -0.25) is 0 Å². The summed E-state index contributed by atoms with van der Waals surface area (Å²) in [6, 6.07) is 17.2. The van der Waals surface area contributed by atoms with Gasteiger partial charge in [0.2, 0.25) is 0 Å². The number of nitrogens with two attached hydrogens (primary N) is 1. The van der Waals surface area contributed by atoms with Crippen molar-refractivity contribution in [1.29, 1.82) is 0 Å². The summed E-state index contributed by atoms with van der Waals surface area (Å²) in [5, 5.41) is 0. The SMILES string of the molecule is CC(C)c1ccc(/C=C/CN)cc1-c1ccccc1. The molecule has 0 unspecified atom stereocenters. The predicted molar refractivity (Wildman–Crippen MR) is 84.1 cm³/mol. The van der Waals surface area contributed by atoms with E-state index in [-0.39, 0.29) is 0 Å². The molecular weight excluding hydrogens is 230 g/mol. The third-order valence-electron chi connectivity index (χ3n) is 3.23. The van der Waals surface area contributed by atoms with Crippen LogP contribution in [0.1, 0.15) is 30.9 Å². The molecule has 2 N–H and O–H groups in total. The summed E-state index contributed by atoms with van der Waals surface area (Å²) in [4.78, 5) is 0. The normalized spacial score (nSPS) is 11.4. The maximum atomic E-state index is 5.52.